The van der Waals surface area contributed by atoms with Crippen molar-refractivity contribution in [3.8, 4) is 11.3 Å². The molecule has 5 nitrogen and oxygen atoms in total. The Bertz CT molecular complexity index is 1030. The SMILES string of the molecule is CCn1nc(C(F)(F)F)cc1-c1ccc(NC(=O)c2ccccc2Cl)nc1F. The molecule has 1 amide bonds. The maximum Gasteiger partial charge on any atom is 0.435 e. The lowest BCUT2D eigenvalue weighted by Gasteiger charge is -2.09. The second kappa shape index (κ2) is 7.59. The first-order valence-electron chi connectivity index (χ1n) is 8.08. The van der Waals surface area contributed by atoms with E-state index in [4.69, 9.17) is 11.6 Å². The number of alkyl halides is 3. The summed E-state index contributed by atoms with van der Waals surface area (Å²) in [7, 11) is 0. The smallest absolute Gasteiger partial charge is 0.306 e. The first-order chi connectivity index (χ1) is 13.2. The molecule has 28 heavy (non-hydrogen) atoms. The van der Waals surface area contributed by atoms with Gasteiger partial charge in [0.1, 0.15) is 5.82 Å². The summed E-state index contributed by atoms with van der Waals surface area (Å²) in [6, 6.07) is 9.55. The van der Waals surface area contributed by atoms with Gasteiger partial charge in [-0.05, 0) is 37.3 Å². The van der Waals surface area contributed by atoms with Gasteiger partial charge < -0.3 is 5.32 Å². The number of benzene rings is 1. The topological polar surface area (TPSA) is 59.8 Å². The van der Waals surface area contributed by atoms with E-state index in [2.05, 4.69) is 15.4 Å². The van der Waals surface area contributed by atoms with E-state index in [9.17, 15) is 22.4 Å². The molecule has 146 valence electrons. The summed E-state index contributed by atoms with van der Waals surface area (Å²) in [4.78, 5) is 15.8. The van der Waals surface area contributed by atoms with E-state index in [0.29, 0.717) is 0 Å². The fourth-order valence-corrected chi connectivity index (χ4v) is 2.76. The zero-order valence-corrected chi connectivity index (χ0v) is 15.1. The number of halogens is 5. The zero-order chi connectivity index (χ0) is 20.5. The quantitative estimate of drug-likeness (QED) is 0.483. The number of carbonyl (C=O) groups is 1. The molecule has 3 aromatic rings. The minimum absolute atomic E-state index is 0.0659. The lowest BCUT2D eigenvalue weighted by molar-refractivity contribution is -0.141. The van der Waals surface area contributed by atoms with Gasteiger partial charge in [0.25, 0.3) is 5.91 Å². The number of hydrogen-bond acceptors (Lipinski definition) is 3. The van der Waals surface area contributed by atoms with Crippen LogP contribution < -0.4 is 5.32 Å². The van der Waals surface area contributed by atoms with E-state index in [1.807, 2.05) is 0 Å². The van der Waals surface area contributed by atoms with E-state index >= 15 is 0 Å². The molecule has 0 fully saturated rings. The van der Waals surface area contributed by atoms with E-state index in [0.717, 1.165) is 10.7 Å². The third kappa shape index (κ3) is 3.99. The molecule has 0 atom stereocenters. The molecular formula is C18H13ClF4N4O. The molecule has 0 radical (unpaired) electrons. The standard InChI is InChI=1S/C18H13ClF4N4O/c1-2-27-13(9-14(26-27)18(21,22)23)11-7-8-15(24-16(11)20)25-17(28)10-5-3-4-6-12(10)19/h3-9H,2H2,1H3,(H,24,25,28). The number of nitrogens with zero attached hydrogens (tertiary/aromatic N) is 3. The van der Waals surface area contributed by atoms with Crippen LogP contribution in [0.5, 0.6) is 0 Å². The molecule has 0 aliphatic rings. The van der Waals surface area contributed by atoms with Gasteiger partial charge >= 0.3 is 6.18 Å². The average Bonchev–Trinajstić information content (AvgIpc) is 3.06. The van der Waals surface area contributed by atoms with Crippen molar-refractivity contribution in [2.24, 2.45) is 0 Å². The Morgan fingerprint density at radius 1 is 1.21 bits per heavy atom. The molecule has 0 saturated carbocycles. The number of rotatable bonds is 4. The summed E-state index contributed by atoms with van der Waals surface area (Å²) in [6.45, 7) is 1.69. The third-order valence-corrected chi connectivity index (χ3v) is 4.18. The van der Waals surface area contributed by atoms with Gasteiger partial charge in [0.15, 0.2) is 5.69 Å². The fraction of sp³-hybridized carbons (Fsp3) is 0.167. The molecule has 2 aromatic heterocycles. The minimum Gasteiger partial charge on any atom is -0.306 e. The Hall–Kier alpha value is -2.94. The molecule has 3 rings (SSSR count). The van der Waals surface area contributed by atoms with Crippen LogP contribution in [0.4, 0.5) is 23.4 Å². The number of pyridine rings is 1. The molecule has 0 saturated heterocycles. The first kappa shape index (κ1) is 19.8. The van der Waals surface area contributed by atoms with E-state index in [1.54, 1.807) is 19.1 Å². The maximum absolute atomic E-state index is 14.5. The Morgan fingerprint density at radius 2 is 1.93 bits per heavy atom. The van der Waals surface area contributed by atoms with Crippen LogP contribution in [0.1, 0.15) is 23.0 Å². The predicted octanol–water partition coefficient (Wildman–Crippen LogP) is 5.03. The fourth-order valence-electron chi connectivity index (χ4n) is 2.54. The molecule has 0 aliphatic heterocycles. The molecule has 10 heteroatoms. The van der Waals surface area contributed by atoms with Crippen molar-refractivity contribution in [2.45, 2.75) is 19.6 Å². The number of aryl methyl sites for hydroxylation is 1. The van der Waals surface area contributed by atoms with Crippen LogP contribution in [0.25, 0.3) is 11.3 Å². The largest absolute Gasteiger partial charge is 0.435 e. The number of hydrogen-bond donors (Lipinski definition) is 1. The molecule has 2 heterocycles. The van der Waals surface area contributed by atoms with Crippen LogP contribution in [-0.2, 0) is 12.7 Å². The molecule has 0 spiro atoms. The molecule has 0 aliphatic carbocycles. The van der Waals surface area contributed by atoms with Gasteiger partial charge in [-0.3, -0.25) is 9.48 Å². The number of amides is 1. The monoisotopic (exact) mass is 412 g/mol. The second-order valence-electron chi connectivity index (χ2n) is 5.70. The summed E-state index contributed by atoms with van der Waals surface area (Å²) < 4.78 is 54.2. The molecule has 1 aromatic carbocycles. The van der Waals surface area contributed by atoms with Crippen molar-refractivity contribution in [1.29, 1.82) is 0 Å². The maximum atomic E-state index is 14.5. The van der Waals surface area contributed by atoms with Crippen molar-refractivity contribution < 1.29 is 22.4 Å². The van der Waals surface area contributed by atoms with Crippen LogP contribution in [0.2, 0.25) is 5.02 Å². The summed E-state index contributed by atoms with van der Waals surface area (Å²) in [5.41, 5.74) is -1.18. The Labute approximate surface area is 162 Å². The average molecular weight is 413 g/mol. The van der Waals surface area contributed by atoms with Gasteiger partial charge in [-0.1, -0.05) is 23.7 Å². The van der Waals surface area contributed by atoms with Crippen molar-refractivity contribution in [3.63, 3.8) is 0 Å². The highest BCUT2D eigenvalue weighted by molar-refractivity contribution is 6.34. The number of carbonyl (C=O) groups excluding carboxylic acids is 1. The van der Waals surface area contributed by atoms with Gasteiger partial charge in [0.05, 0.1) is 21.8 Å². The van der Waals surface area contributed by atoms with Crippen LogP contribution in [0.15, 0.2) is 42.5 Å². The normalized spacial score (nSPS) is 11.5. The Kier molecular flexibility index (Phi) is 5.37. The lowest BCUT2D eigenvalue weighted by Crippen LogP contribution is -2.14. The number of anilines is 1. The van der Waals surface area contributed by atoms with Gasteiger partial charge in [-0.2, -0.15) is 22.7 Å². The predicted molar refractivity (Wildman–Crippen MR) is 95.5 cm³/mol. The van der Waals surface area contributed by atoms with Crippen molar-refractivity contribution in [3.05, 3.63) is 64.7 Å². The highest BCUT2D eigenvalue weighted by atomic mass is 35.5. The molecule has 0 unspecified atom stereocenters. The van der Waals surface area contributed by atoms with Crippen LogP contribution in [0.3, 0.4) is 0 Å². The lowest BCUT2D eigenvalue weighted by atomic mass is 10.2. The summed E-state index contributed by atoms with van der Waals surface area (Å²) in [6.07, 6.45) is -4.65. The summed E-state index contributed by atoms with van der Waals surface area (Å²) in [5.74, 6) is -1.74. The molecular weight excluding hydrogens is 400 g/mol. The zero-order valence-electron chi connectivity index (χ0n) is 14.4. The van der Waals surface area contributed by atoms with Crippen LogP contribution in [0, 0.1) is 5.95 Å². The van der Waals surface area contributed by atoms with Gasteiger partial charge in [0, 0.05) is 6.54 Å². The van der Waals surface area contributed by atoms with E-state index in [-0.39, 0.29) is 34.2 Å². The number of nitrogens with one attached hydrogen (secondary N) is 1. The minimum atomic E-state index is -4.65. The Balaban J connectivity index is 1.90. The van der Waals surface area contributed by atoms with Gasteiger partial charge in [-0.25, -0.2) is 4.98 Å². The van der Waals surface area contributed by atoms with E-state index in [1.165, 1.54) is 24.3 Å². The van der Waals surface area contributed by atoms with Gasteiger partial charge in [0.2, 0.25) is 5.95 Å². The van der Waals surface area contributed by atoms with Crippen LogP contribution in [-0.4, -0.2) is 20.7 Å². The third-order valence-electron chi connectivity index (χ3n) is 3.85. The highest BCUT2D eigenvalue weighted by Crippen LogP contribution is 2.32. The first-order valence-corrected chi connectivity index (χ1v) is 8.46. The summed E-state index contributed by atoms with van der Waals surface area (Å²) >= 11 is 5.94. The van der Waals surface area contributed by atoms with E-state index < -0.39 is 23.7 Å². The van der Waals surface area contributed by atoms with Crippen molar-refractivity contribution >= 4 is 23.3 Å². The molecule has 0 bridgehead atoms. The van der Waals surface area contributed by atoms with Crippen LogP contribution >= 0.6 is 11.6 Å². The molecule has 1 N–H and O–H groups in total. The number of aromatic nitrogens is 3. The van der Waals surface area contributed by atoms with Crippen molar-refractivity contribution in [1.82, 2.24) is 14.8 Å². The van der Waals surface area contributed by atoms with Gasteiger partial charge in [-0.15, -0.1) is 0 Å². The second-order valence-corrected chi connectivity index (χ2v) is 6.10. The Morgan fingerprint density at radius 3 is 2.54 bits per heavy atom. The van der Waals surface area contributed by atoms with Crippen molar-refractivity contribution in [2.75, 3.05) is 5.32 Å². The highest BCUT2D eigenvalue weighted by Gasteiger charge is 2.35. The summed E-state index contributed by atoms with van der Waals surface area (Å²) in [5, 5.41) is 6.06.